The van der Waals surface area contributed by atoms with Crippen LogP contribution in [0.5, 0.6) is 0 Å². The lowest BCUT2D eigenvalue weighted by molar-refractivity contribution is -0.127. The number of aryl methyl sites for hydroxylation is 2. The molecule has 1 aliphatic rings. The summed E-state index contributed by atoms with van der Waals surface area (Å²) in [5.74, 6) is 0.750. The van der Waals surface area contributed by atoms with E-state index in [1.807, 2.05) is 32.6 Å². The SMILES string of the molecule is Cc1nn(C)c(C)c1[C@H]1[C@H](Nc2ccc(C#N)cn2)CC(=O)N1C. The van der Waals surface area contributed by atoms with Gasteiger partial charge in [0.1, 0.15) is 11.9 Å². The molecule has 2 aromatic heterocycles. The zero-order valence-corrected chi connectivity index (χ0v) is 14.2. The first-order valence-corrected chi connectivity index (χ1v) is 7.80. The van der Waals surface area contributed by atoms with Crippen molar-refractivity contribution < 1.29 is 4.79 Å². The summed E-state index contributed by atoms with van der Waals surface area (Å²) in [5, 5.41) is 16.7. The van der Waals surface area contributed by atoms with Crippen LogP contribution in [0.25, 0.3) is 0 Å². The predicted octanol–water partition coefficient (Wildman–Crippen LogP) is 1.69. The molecule has 0 radical (unpaired) electrons. The van der Waals surface area contributed by atoms with Gasteiger partial charge in [0.15, 0.2) is 0 Å². The van der Waals surface area contributed by atoms with Gasteiger partial charge in [-0.15, -0.1) is 0 Å². The van der Waals surface area contributed by atoms with E-state index in [-0.39, 0.29) is 18.0 Å². The molecule has 0 bridgehead atoms. The summed E-state index contributed by atoms with van der Waals surface area (Å²) in [7, 11) is 3.74. The van der Waals surface area contributed by atoms with Gasteiger partial charge in [0.2, 0.25) is 5.91 Å². The Labute approximate surface area is 140 Å². The molecule has 1 saturated heterocycles. The number of pyridine rings is 1. The molecule has 1 N–H and O–H groups in total. The van der Waals surface area contributed by atoms with E-state index in [1.54, 1.807) is 17.0 Å². The molecule has 24 heavy (non-hydrogen) atoms. The number of carbonyl (C=O) groups excluding carboxylic acids is 1. The standard InChI is InChI=1S/C17H20N6O/c1-10-16(11(2)23(4)21-10)17-13(7-15(24)22(17)3)20-14-6-5-12(8-18)9-19-14/h5-6,9,13,17H,7H2,1-4H3,(H,19,20)/t13-,17-/m1/s1. The zero-order valence-electron chi connectivity index (χ0n) is 14.2. The lowest BCUT2D eigenvalue weighted by Gasteiger charge is -2.26. The molecule has 0 aromatic carbocycles. The minimum absolute atomic E-state index is 0.0915. The predicted molar refractivity (Wildman–Crippen MR) is 89.2 cm³/mol. The second-order valence-electron chi connectivity index (χ2n) is 6.16. The second kappa shape index (κ2) is 5.96. The van der Waals surface area contributed by atoms with Crippen molar-refractivity contribution >= 4 is 11.7 Å². The molecule has 0 spiro atoms. The number of anilines is 1. The van der Waals surface area contributed by atoms with Gasteiger partial charge in [0.25, 0.3) is 0 Å². The summed E-state index contributed by atoms with van der Waals surface area (Å²) in [6.45, 7) is 3.99. The maximum atomic E-state index is 12.3. The topological polar surface area (TPSA) is 86.8 Å². The van der Waals surface area contributed by atoms with E-state index in [1.165, 1.54) is 6.20 Å². The smallest absolute Gasteiger partial charge is 0.225 e. The highest BCUT2D eigenvalue weighted by Crippen LogP contribution is 2.36. The Bertz CT molecular complexity index is 817. The molecule has 1 fully saturated rings. The van der Waals surface area contributed by atoms with E-state index < -0.39 is 0 Å². The van der Waals surface area contributed by atoms with Crippen LogP contribution in [0.1, 0.15) is 35.0 Å². The molecule has 3 rings (SSSR count). The Kier molecular flexibility index (Phi) is 3.97. The van der Waals surface area contributed by atoms with Crippen molar-refractivity contribution in [1.82, 2.24) is 19.7 Å². The lowest BCUT2D eigenvalue weighted by Crippen LogP contribution is -2.31. The summed E-state index contributed by atoms with van der Waals surface area (Å²) in [6, 6.07) is 5.34. The van der Waals surface area contributed by atoms with Crippen molar-refractivity contribution in [2.24, 2.45) is 7.05 Å². The number of nitrogens with zero attached hydrogens (tertiary/aromatic N) is 5. The van der Waals surface area contributed by atoms with Crippen LogP contribution < -0.4 is 5.32 Å². The third kappa shape index (κ3) is 2.60. The van der Waals surface area contributed by atoms with E-state index in [2.05, 4.69) is 21.5 Å². The molecule has 2 atom stereocenters. The van der Waals surface area contributed by atoms with Gasteiger partial charge >= 0.3 is 0 Å². The highest BCUT2D eigenvalue weighted by atomic mass is 16.2. The van der Waals surface area contributed by atoms with Gasteiger partial charge in [-0.25, -0.2) is 4.98 Å². The first-order valence-electron chi connectivity index (χ1n) is 7.80. The number of hydrogen-bond donors (Lipinski definition) is 1. The number of likely N-dealkylation sites (tertiary alicyclic amines) is 1. The van der Waals surface area contributed by atoms with Crippen molar-refractivity contribution in [2.75, 3.05) is 12.4 Å². The van der Waals surface area contributed by atoms with E-state index in [9.17, 15) is 4.79 Å². The number of nitrogens with one attached hydrogen (secondary N) is 1. The van der Waals surface area contributed by atoms with Gasteiger partial charge in [-0.3, -0.25) is 9.48 Å². The molecule has 1 aliphatic heterocycles. The van der Waals surface area contributed by atoms with Gasteiger partial charge < -0.3 is 10.2 Å². The van der Waals surface area contributed by atoms with Gasteiger partial charge in [0, 0.05) is 38.0 Å². The molecule has 124 valence electrons. The Morgan fingerprint density at radius 3 is 2.62 bits per heavy atom. The number of nitriles is 1. The molecule has 0 saturated carbocycles. The third-order valence-corrected chi connectivity index (χ3v) is 4.67. The van der Waals surface area contributed by atoms with Crippen LogP contribution in [0.2, 0.25) is 0 Å². The summed E-state index contributed by atoms with van der Waals surface area (Å²) in [5.41, 5.74) is 3.58. The van der Waals surface area contributed by atoms with Crippen molar-refractivity contribution in [3.8, 4) is 6.07 Å². The average Bonchev–Trinajstić information content (AvgIpc) is 2.96. The number of carbonyl (C=O) groups is 1. The average molecular weight is 324 g/mol. The molecular weight excluding hydrogens is 304 g/mol. The van der Waals surface area contributed by atoms with Crippen LogP contribution in [-0.2, 0) is 11.8 Å². The number of amides is 1. The van der Waals surface area contributed by atoms with Crippen LogP contribution in [0, 0.1) is 25.2 Å². The first-order chi connectivity index (χ1) is 11.4. The molecule has 1 amide bonds. The monoisotopic (exact) mass is 324 g/mol. The fraction of sp³-hybridized carbons (Fsp3) is 0.412. The number of likely N-dealkylation sites (N-methyl/N-ethyl adjacent to an activating group) is 1. The van der Waals surface area contributed by atoms with Crippen LogP contribution in [0.3, 0.4) is 0 Å². The number of aromatic nitrogens is 3. The normalized spacial score (nSPS) is 20.3. The molecule has 3 heterocycles. The zero-order chi connectivity index (χ0) is 17.4. The van der Waals surface area contributed by atoms with E-state index >= 15 is 0 Å². The Morgan fingerprint density at radius 1 is 1.33 bits per heavy atom. The Balaban J connectivity index is 1.93. The van der Waals surface area contributed by atoms with Crippen molar-refractivity contribution in [3.63, 3.8) is 0 Å². The third-order valence-electron chi connectivity index (χ3n) is 4.67. The molecular formula is C17H20N6O. The summed E-state index contributed by atoms with van der Waals surface area (Å²) < 4.78 is 1.85. The minimum atomic E-state index is -0.0938. The largest absolute Gasteiger partial charge is 0.364 e. The first kappa shape index (κ1) is 16.0. The van der Waals surface area contributed by atoms with Crippen molar-refractivity contribution in [2.45, 2.75) is 32.4 Å². The maximum Gasteiger partial charge on any atom is 0.225 e. The summed E-state index contributed by atoms with van der Waals surface area (Å²) in [4.78, 5) is 18.3. The van der Waals surface area contributed by atoms with E-state index in [4.69, 9.17) is 5.26 Å². The van der Waals surface area contributed by atoms with Crippen molar-refractivity contribution in [1.29, 1.82) is 5.26 Å². The highest BCUT2D eigenvalue weighted by molar-refractivity contribution is 5.81. The maximum absolute atomic E-state index is 12.3. The lowest BCUT2D eigenvalue weighted by atomic mass is 9.98. The Hall–Kier alpha value is -2.88. The van der Waals surface area contributed by atoms with Crippen LogP contribution >= 0.6 is 0 Å². The van der Waals surface area contributed by atoms with Crippen LogP contribution in [-0.4, -0.2) is 38.7 Å². The molecule has 7 heteroatoms. The van der Waals surface area contributed by atoms with Crippen LogP contribution in [0.4, 0.5) is 5.82 Å². The van der Waals surface area contributed by atoms with Crippen LogP contribution in [0.15, 0.2) is 18.3 Å². The van der Waals surface area contributed by atoms with E-state index in [0.29, 0.717) is 17.8 Å². The van der Waals surface area contributed by atoms with Gasteiger partial charge in [-0.1, -0.05) is 0 Å². The minimum Gasteiger partial charge on any atom is -0.364 e. The van der Waals surface area contributed by atoms with Crippen molar-refractivity contribution in [3.05, 3.63) is 40.8 Å². The number of rotatable bonds is 3. The highest BCUT2D eigenvalue weighted by Gasteiger charge is 2.41. The molecule has 0 unspecified atom stereocenters. The quantitative estimate of drug-likeness (QED) is 0.928. The summed E-state index contributed by atoms with van der Waals surface area (Å²) >= 11 is 0. The fourth-order valence-corrected chi connectivity index (χ4v) is 3.35. The Morgan fingerprint density at radius 2 is 2.08 bits per heavy atom. The number of hydrogen-bond acceptors (Lipinski definition) is 5. The van der Waals surface area contributed by atoms with E-state index in [0.717, 1.165) is 17.0 Å². The molecule has 7 nitrogen and oxygen atoms in total. The molecule has 2 aromatic rings. The fourth-order valence-electron chi connectivity index (χ4n) is 3.35. The second-order valence-corrected chi connectivity index (χ2v) is 6.16. The summed E-state index contributed by atoms with van der Waals surface area (Å²) in [6.07, 6.45) is 1.93. The van der Waals surface area contributed by atoms with Gasteiger partial charge in [-0.05, 0) is 26.0 Å². The van der Waals surface area contributed by atoms with Gasteiger partial charge in [-0.2, -0.15) is 10.4 Å². The molecule has 0 aliphatic carbocycles. The van der Waals surface area contributed by atoms with Gasteiger partial charge in [0.05, 0.1) is 23.3 Å².